The molecule has 0 radical (unpaired) electrons. The van der Waals surface area contributed by atoms with Gasteiger partial charge in [-0.15, -0.1) is 11.8 Å². The van der Waals surface area contributed by atoms with Crippen LogP contribution in [0.1, 0.15) is 32.3 Å². The van der Waals surface area contributed by atoms with Crippen molar-refractivity contribution in [3.8, 4) is 0 Å². The third-order valence-electron chi connectivity index (χ3n) is 1.88. The molecule has 0 bridgehead atoms. The zero-order chi connectivity index (χ0) is 10.4. The van der Waals surface area contributed by atoms with Crippen LogP contribution in [0, 0.1) is 0 Å². The SMILES string of the molecule is CCCSc1ncnc(N)c1CCC. The van der Waals surface area contributed by atoms with Gasteiger partial charge < -0.3 is 5.73 Å². The van der Waals surface area contributed by atoms with E-state index in [4.69, 9.17) is 5.73 Å². The van der Waals surface area contributed by atoms with Crippen LogP contribution in [0.3, 0.4) is 0 Å². The first-order valence-electron chi connectivity index (χ1n) is 5.01. The number of rotatable bonds is 5. The normalized spacial score (nSPS) is 10.4. The number of thioether (sulfide) groups is 1. The first-order chi connectivity index (χ1) is 6.79. The molecule has 78 valence electrons. The molecule has 0 fully saturated rings. The fourth-order valence-corrected chi connectivity index (χ4v) is 2.12. The second-order valence-electron chi connectivity index (χ2n) is 3.14. The maximum absolute atomic E-state index is 5.81. The van der Waals surface area contributed by atoms with Crippen LogP contribution >= 0.6 is 11.8 Å². The van der Waals surface area contributed by atoms with Crippen LogP contribution in [0.2, 0.25) is 0 Å². The Morgan fingerprint density at radius 2 is 2.07 bits per heavy atom. The predicted octanol–water partition coefficient (Wildman–Crippen LogP) is 2.51. The average molecular weight is 211 g/mol. The molecule has 0 saturated heterocycles. The molecule has 4 heteroatoms. The Hall–Kier alpha value is -0.770. The molecule has 1 aromatic heterocycles. The Kier molecular flexibility index (Phi) is 4.73. The van der Waals surface area contributed by atoms with Crippen LogP contribution in [0.25, 0.3) is 0 Å². The number of nitrogen functional groups attached to an aromatic ring is 1. The van der Waals surface area contributed by atoms with E-state index >= 15 is 0 Å². The van der Waals surface area contributed by atoms with Gasteiger partial charge in [-0.25, -0.2) is 9.97 Å². The predicted molar refractivity (Wildman–Crippen MR) is 61.5 cm³/mol. The molecule has 14 heavy (non-hydrogen) atoms. The van der Waals surface area contributed by atoms with Gasteiger partial charge >= 0.3 is 0 Å². The number of nitrogens with two attached hydrogens (primary N) is 1. The summed E-state index contributed by atoms with van der Waals surface area (Å²) in [4.78, 5) is 8.29. The number of hydrogen-bond donors (Lipinski definition) is 1. The highest BCUT2D eigenvalue weighted by Gasteiger charge is 2.07. The third kappa shape index (κ3) is 2.87. The molecule has 0 amide bonds. The molecule has 0 aliphatic carbocycles. The highest BCUT2D eigenvalue weighted by Crippen LogP contribution is 2.24. The maximum atomic E-state index is 5.81. The van der Waals surface area contributed by atoms with Crippen molar-refractivity contribution in [3.05, 3.63) is 11.9 Å². The molecule has 0 atom stereocenters. The van der Waals surface area contributed by atoms with E-state index in [2.05, 4.69) is 23.8 Å². The largest absolute Gasteiger partial charge is 0.383 e. The zero-order valence-corrected chi connectivity index (χ0v) is 9.60. The van der Waals surface area contributed by atoms with E-state index in [0.717, 1.165) is 35.6 Å². The summed E-state index contributed by atoms with van der Waals surface area (Å²) < 4.78 is 0. The Balaban J connectivity index is 2.83. The summed E-state index contributed by atoms with van der Waals surface area (Å²) >= 11 is 1.77. The van der Waals surface area contributed by atoms with Gasteiger partial charge in [0, 0.05) is 5.56 Å². The van der Waals surface area contributed by atoms with Crippen LogP contribution in [0.5, 0.6) is 0 Å². The Morgan fingerprint density at radius 3 is 2.71 bits per heavy atom. The van der Waals surface area contributed by atoms with Gasteiger partial charge in [-0.3, -0.25) is 0 Å². The van der Waals surface area contributed by atoms with Crippen molar-refractivity contribution < 1.29 is 0 Å². The summed E-state index contributed by atoms with van der Waals surface area (Å²) in [6, 6.07) is 0. The molecule has 1 rings (SSSR count). The molecule has 0 saturated carbocycles. The van der Waals surface area contributed by atoms with Gasteiger partial charge in [0.1, 0.15) is 17.2 Å². The lowest BCUT2D eigenvalue weighted by atomic mass is 10.2. The van der Waals surface area contributed by atoms with Crippen molar-refractivity contribution in [3.63, 3.8) is 0 Å². The monoisotopic (exact) mass is 211 g/mol. The standard InChI is InChI=1S/C10H17N3S/c1-3-5-8-9(11)12-7-13-10(8)14-6-4-2/h7H,3-6H2,1-2H3,(H2,11,12,13). The van der Waals surface area contributed by atoms with Crippen LogP contribution < -0.4 is 5.73 Å². The maximum Gasteiger partial charge on any atom is 0.131 e. The minimum absolute atomic E-state index is 0.639. The zero-order valence-electron chi connectivity index (χ0n) is 8.79. The van der Waals surface area contributed by atoms with Crippen LogP contribution in [0.15, 0.2) is 11.4 Å². The Morgan fingerprint density at radius 1 is 1.29 bits per heavy atom. The Bertz CT molecular complexity index is 289. The van der Waals surface area contributed by atoms with Gasteiger partial charge in [0.05, 0.1) is 0 Å². The van der Waals surface area contributed by atoms with Gasteiger partial charge in [-0.2, -0.15) is 0 Å². The highest BCUT2D eigenvalue weighted by molar-refractivity contribution is 7.99. The lowest BCUT2D eigenvalue weighted by Gasteiger charge is -2.08. The molecule has 3 nitrogen and oxygen atoms in total. The molecule has 1 heterocycles. The summed E-state index contributed by atoms with van der Waals surface area (Å²) in [5.41, 5.74) is 6.93. The van der Waals surface area contributed by atoms with Gasteiger partial charge in [0.25, 0.3) is 0 Å². The van der Waals surface area contributed by atoms with Crippen LogP contribution in [-0.2, 0) is 6.42 Å². The quantitative estimate of drug-likeness (QED) is 0.600. The molecule has 1 aromatic rings. The third-order valence-corrected chi connectivity index (χ3v) is 3.12. The number of hydrogen-bond acceptors (Lipinski definition) is 4. The molecular weight excluding hydrogens is 194 g/mol. The summed E-state index contributed by atoms with van der Waals surface area (Å²) in [5, 5.41) is 1.06. The fourth-order valence-electron chi connectivity index (χ4n) is 1.22. The van der Waals surface area contributed by atoms with Gasteiger partial charge in [0.15, 0.2) is 0 Å². The lowest BCUT2D eigenvalue weighted by Crippen LogP contribution is -2.01. The van der Waals surface area contributed by atoms with E-state index in [1.807, 2.05) is 0 Å². The molecule has 0 spiro atoms. The van der Waals surface area contributed by atoms with E-state index in [-0.39, 0.29) is 0 Å². The number of anilines is 1. The van der Waals surface area contributed by atoms with Crippen molar-refractivity contribution in [2.24, 2.45) is 0 Å². The molecule has 2 N–H and O–H groups in total. The van der Waals surface area contributed by atoms with Crippen molar-refractivity contribution >= 4 is 17.6 Å². The fraction of sp³-hybridized carbons (Fsp3) is 0.600. The van der Waals surface area contributed by atoms with Gasteiger partial charge in [0.2, 0.25) is 0 Å². The smallest absolute Gasteiger partial charge is 0.131 e. The van der Waals surface area contributed by atoms with E-state index in [1.165, 1.54) is 0 Å². The lowest BCUT2D eigenvalue weighted by molar-refractivity contribution is 0.861. The van der Waals surface area contributed by atoms with E-state index < -0.39 is 0 Å². The number of aromatic nitrogens is 2. The molecule has 0 aliphatic heterocycles. The second-order valence-corrected chi connectivity index (χ2v) is 4.22. The highest BCUT2D eigenvalue weighted by atomic mass is 32.2. The minimum Gasteiger partial charge on any atom is -0.383 e. The van der Waals surface area contributed by atoms with Crippen molar-refractivity contribution in [2.45, 2.75) is 38.1 Å². The average Bonchev–Trinajstić information content (AvgIpc) is 2.19. The van der Waals surface area contributed by atoms with Crippen molar-refractivity contribution in [1.29, 1.82) is 0 Å². The van der Waals surface area contributed by atoms with Crippen molar-refractivity contribution in [2.75, 3.05) is 11.5 Å². The van der Waals surface area contributed by atoms with Crippen LogP contribution in [0.4, 0.5) is 5.82 Å². The summed E-state index contributed by atoms with van der Waals surface area (Å²) in [6.07, 6.45) is 4.75. The van der Waals surface area contributed by atoms with Crippen molar-refractivity contribution in [1.82, 2.24) is 9.97 Å². The first kappa shape index (κ1) is 11.3. The molecule has 0 aromatic carbocycles. The number of nitrogens with zero attached hydrogens (tertiary/aromatic N) is 2. The van der Waals surface area contributed by atoms with E-state index in [1.54, 1.807) is 18.1 Å². The first-order valence-corrected chi connectivity index (χ1v) is 6.00. The van der Waals surface area contributed by atoms with Crippen LogP contribution in [-0.4, -0.2) is 15.7 Å². The minimum atomic E-state index is 0.639. The molecule has 0 unspecified atom stereocenters. The second kappa shape index (κ2) is 5.86. The molecular formula is C10H17N3S. The summed E-state index contributed by atoms with van der Waals surface area (Å²) in [6.45, 7) is 4.30. The van der Waals surface area contributed by atoms with Gasteiger partial charge in [-0.05, 0) is 18.6 Å². The topological polar surface area (TPSA) is 51.8 Å². The van der Waals surface area contributed by atoms with E-state index in [0.29, 0.717) is 5.82 Å². The Labute approximate surface area is 89.5 Å². The van der Waals surface area contributed by atoms with E-state index in [9.17, 15) is 0 Å². The van der Waals surface area contributed by atoms with Gasteiger partial charge in [-0.1, -0.05) is 20.3 Å². The summed E-state index contributed by atoms with van der Waals surface area (Å²) in [7, 11) is 0. The summed E-state index contributed by atoms with van der Waals surface area (Å²) in [5.74, 6) is 1.73. The molecule has 0 aliphatic rings.